The number of hydrogen-bond acceptors (Lipinski definition) is 9. The van der Waals surface area contributed by atoms with E-state index in [1.54, 1.807) is 0 Å². The van der Waals surface area contributed by atoms with Gasteiger partial charge in [-0.1, -0.05) is 156 Å². The molecule has 54 heavy (non-hydrogen) atoms. The van der Waals surface area contributed by atoms with Gasteiger partial charge in [-0.15, -0.1) is 0 Å². The van der Waals surface area contributed by atoms with Crippen molar-refractivity contribution in [1.82, 2.24) is 24.8 Å². The average Bonchev–Trinajstić information content (AvgIpc) is 3.18. The minimum Gasteiger partial charge on any atom is -0.396 e. The van der Waals surface area contributed by atoms with E-state index in [-0.39, 0.29) is 6.61 Å². The van der Waals surface area contributed by atoms with Crippen LogP contribution < -0.4 is 16.0 Å². The number of rotatable bonds is 43. The van der Waals surface area contributed by atoms with Crippen molar-refractivity contribution in [2.75, 3.05) is 81.5 Å². The number of nitrogens with zero attached hydrogens (tertiary/aromatic N) is 5. The summed E-state index contributed by atoms with van der Waals surface area (Å²) in [6, 6.07) is 0. The van der Waals surface area contributed by atoms with Gasteiger partial charge in [-0.25, -0.2) is 0 Å². The highest BCUT2D eigenvalue weighted by molar-refractivity contribution is 5.42. The van der Waals surface area contributed by atoms with Crippen LogP contribution in [0.5, 0.6) is 0 Å². The minimum atomic E-state index is 0.210. The topological polar surface area (TPSA) is 101 Å². The number of hydrogen-bond donors (Lipinski definition) is 4. The summed E-state index contributed by atoms with van der Waals surface area (Å²) in [6.07, 6.45) is 36.3. The highest BCUT2D eigenvalue weighted by Gasteiger charge is 2.10. The normalized spacial score (nSPS) is 11.6. The zero-order valence-electron chi connectivity index (χ0n) is 36.6. The monoisotopic (exact) mass is 761 g/mol. The van der Waals surface area contributed by atoms with Gasteiger partial charge in [0.15, 0.2) is 0 Å². The molecule has 0 radical (unpaired) electrons. The van der Waals surface area contributed by atoms with Crippen molar-refractivity contribution >= 4 is 17.8 Å². The number of aliphatic hydroxyl groups is 1. The van der Waals surface area contributed by atoms with E-state index >= 15 is 0 Å². The van der Waals surface area contributed by atoms with Crippen molar-refractivity contribution in [1.29, 1.82) is 0 Å². The highest BCUT2D eigenvalue weighted by Crippen LogP contribution is 2.13. The van der Waals surface area contributed by atoms with E-state index in [9.17, 15) is 5.11 Å². The third-order valence-electron chi connectivity index (χ3n) is 10.7. The summed E-state index contributed by atoms with van der Waals surface area (Å²) in [5.41, 5.74) is 0. The molecule has 0 fully saturated rings. The van der Waals surface area contributed by atoms with Crippen molar-refractivity contribution in [3.63, 3.8) is 0 Å². The fraction of sp³-hybridized carbons (Fsp3) is 0.933. The Labute approximate surface area is 335 Å². The fourth-order valence-electron chi connectivity index (χ4n) is 7.19. The number of aliphatic hydroxyl groups excluding tert-OH is 1. The van der Waals surface area contributed by atoms with Crippen molar-refractivity contribution < 1.29 is 5.11 Å². The quantitative estimate of drug-likeness (QED) is 0.0485. The van der Waals surface area contributed by atoms with Crippen LogP contribution in [0, 0.1) is 0 Å². The van der Waals surface area contributed by atoms with E-state index in [4.69, 9.17) is 15.0 Å². The summed E-state index contributed by atoms with van der Waals surface area (Å²) in [4.78, 5) is 19.7. The average molecular weight is 761 g/mol. The molecule has 1 heterocycles. The molecule has 1 rings (SSSR count). The van der Waals surface area contributed by atoms with Crippen LogP contribution in [-0.2, 0) is 0 Å². The van der Waals surface area contributed by atoms with Crippen molar-refractivity contribution in [3.8, 4) is 0 Å². The van der Waals surface area contributed by atoms with E-state index in [0.29, 0.717) is 17.8 Å². The number of nitrogens with one attached hydrogen (secondary N) is 3. The lowest BCUT2D eigenvalue weighted by Gasteiger charge is -2.23. The number of unbranched alkanes of at least 4 members (excludes halogenated alkanes) is 21. The van der Waals surface area contributed by atoms with Gasteiger partial charge < -0.3 is 30.9 Å². The Kier molecular flexibility index (Phi) is 36.8. The first kappa shape index (κ1) is 50.3. The molecular weight excluding hydrogens is 669 g/mol. The van der Waals surface area contributed by atoms with Crippen LogP contribution in [-0.4, -0.2) is 95.4 Å². The zero-order valence-corrected chi connectivity index (χ0v) is 36.6. The molecule has 1 aromatic heterocycles. The summed E-state index contributed by atoms with van der Waals surface area (Å²) in [5, 5.41) is 19.7. The van der Waals surface area contributed by atoms with E-state index in [0.717, 1.165) is 58.4 Å². The molecule has 0 spiro atoms. The molecule has 0 aliphatic heterocycles. The van der Waals surface area contributed by atoms with Gasteiger partial charge >= 0.3 is 0 Å². The van der Waals surface area contributed by atoms with Crippen LogP contribution in [0.25, 0.3) is 0 Å². The Balaban J connectivity index is 2.69. The molecule has 0 saturated heterocycles. The Morgan fingerprint density at radius 2 is 0.593 bits per heavy atom. The first-order valence-electron chi connectivity index (χ1n) is 23.7. The van der Waals surface area contributed by atoms with E-state index < -0.39 is 0 Å². The Hall–Kier alpha value is -1.71. The van der Waals surface area contributed by atoms with Gasteiger partial charge in [-0.05, 0) is 90.6 Å². The zero-order chi connectivity index (χ0) is 39.0. The van der Waals surface area contributed by atoms with Gasteiger partial charge in [0.1, 0.15) is 0 Å². The lowest BCUT2D eigenvalue weighted by Crippen LogP contribution is -2.29. The Bertz CT molecular complexity index is 812. The standard InChI is InChI=1S/C45H92N8O/c1-5-9-13-17-21-26-36-52(37-27-22-18-14-10-6-2)40-31-34-47-44-49-43(46-33-25-30-42-54)50-45(51-44)48-35-32-41-53(38-28-23-19-15-11-7-3)39-29-24-20-16-12-8-4/h54H,5-42H2,1-4H3,(H3,46,47,48,49,50,51). The summed E-state index contributed by atoms with van der Waals surface area (Å²) in [7, 11) is 0. The van der Waals surface area contributed by atoms with Gasteiger partial charge in [0.2, 0.25) is 17.8 Å². The van der Waals surface area contributed by atoms with E-state index in [2.05, 4.69) is 53.4 Å². The van der Waals surface area contributed by atoms with Gasteiger partial charge in [0.05, 0.1) is 0 Å². The molecule has 9 nitrogen and oxygen atoms in total. The summed E-state index contributed by atoms with van der Waals surface area (Å²) < 4.78 is 0. The first-order chi connectivity index (χ1) is 26.7. The molecule has 0 bridgehead atoms. The van der Waals surface area contributed by atoms with E-state index in [1.807, 2.05) is 0 Å². The third kappa shape index (κ3) is 31.5. The highest BCUT2D eigenvalue weighted by atomic mass is 16.2. The maximum atomic E-state index is 9.24. The number of anilines is 3. The van der Waals surface area contributed by atoms with Crippen LogP contribution in [0.1, 0.15) is 207 Å². The maximum Gasteiger partial charge on any atom is 0.229 e. The molecule has 0 aromatic carbocycles. The van der Waals surface area contributed by atoms with Crippen molar-refractivity contribution in [3.05, 3.63) is 0 Å². The second-order valence-electron chi connectivity index (χ2n) is 16.0. The lowest BCUT2D eigenvalue weighted by atomic mass is 10.1. The summed E-state index contributed by atoms with van der Waals surface area (Å²) >= 11 is 0. The third-order valence-corrected chi connectivity index (χ3v) is 10.7. The minimum absolute atomic E-state index is 0.210. The van der Waals surface area contributed by atoms with Gasteiger partial charge in [0.25, 0.3) is 0 Å². The van der Waals surface area contributed by atoms with Crippen LogP contribution in [0.15, 0.2) is 0 Å². The second kappa shape index (κ2) is 39.5. The molecule has 0 atom stereocenters. The van der Waals surface area contributed by atoms with Gasteiger partial charge in [-0.3, -0.25) is 0 Å². The van der Waals surface area contributed by atoms with Gasteiger partial charge in [-0.2, -0.15) is 15.0 Å². The predicted molar refractivity (Wildman–Crippen MR) is 237 cm³/mol. The lowest BCUT2D eigenvalue weighted by molar-refractivity contribution is 0.259. The fourth-order valence-corrected chi connectivity index (χ4v) is 7.19. The molecule has 0 amide bonds. The molecule has 4 N–H and O–H groups in total. The first-order valence-corrected chi connectivity index (χ1v) is 23.7. The van der Waals surface area contributed by atoms with E-state index in [1.165, 1.54) is 180 Å². The molecule has 0 unspecified atom stereocenters. The van der Waals surface area contributed by atoms with Crippen LogP contribution in [0.2, 0.25) is 0 Å². The smallest absolute Gasteiger partial charge is 0.229 e. The largest absolute Gasteiger partial charge is 0.396 e. The molecule has 1 aromatic rings. The maximum absolute atomic E-state index is 9.24. The van der Waals surface area contributed by atoms with Crippen molar-refractivity contribution in [2.45, 2.75) is 207 Å². The summed E-state index contributed by atoms with van der Waals surface area (Å²) in [5.74, 6) is 1.89. The Morgan fingerprint density at radius 1 is 0.333 bits per heavy atom. The molecule has 9 heteroatoms. The molecular formula is C45H92N8O. The van der Waals surface area contributed by atoms with Crippen LogP contribution in [0.4, 0.5) is 17.8 Å². The SMILES string of the molecule is CCCCCCCCN(CCCCCCCC)CCCNc1nc(NCCCCO)nc(NCCCN(CCCCCCCC)CCCCCCCC)n1. The summed E-state index contributed by atoms with van der Waals surface area (Å²) in [6.45, 7) is 19.0. The predicted octanol–water partition coefficient (Wildman–Crippen LogP) is 11.7. The molecule has 318 valence electrons. The van der Waals surface area contributed by atoms with Gasteiger partial charge in [0, 0.05) is 26.2 Å². The van der Waals surface area contributed by atoms with Crippen molar-refractivity contribution in [2.24, 2.45) is 0 Å². The second-order valence-corrected chi connectivity index (χ2v) is 16.0. The molecule has 0 saturated carbocycles. The molecule has 0 aliphatic rings. The Morgan fingerprint density at radius 3 is 0.889 bits per heavy atom. The molecule has 0 aliphatic carbocycles. The number of aromatic nitrogens is 3. The van der Waals surface area contributed by atoms with Crippen LogP contribution >= 0.6 is 0 Å². The van der Waals surface area contributed by atoms with Crippen LogP contribution in [0.3, 0.4) is 0 Å².